The van der Waals surface area contributed by atoms with E-state index in [0.29, 0.717) is 0 Å². The molecule has 0 spiro atoms. The minimum absolute atomic E-state index is 0.0388. The van der Waals surface area contributed by atoms with E-state index in [1.807, 2.05) is 0 Å². The van der Waals surface area contributed by atoms with Crippen LogP contribution in [0.25, 0.3) is 0 Å². The highest BCUT2D eigenvalue weighted by Crippen LogP contribution is 2.32. The summed E-state index contributed by atoms with van der Waals surface area (Å²) in [5.41, 5.74) is 0.153. The second-order valence-electron chi connectivity index (χ2n) is 5.99. The lowest BCUT2D eigenvalue weighted by molar-refractivity contribution is 0.187. The fraction of sp³-hybridized carbons (Fsp3) is 0.929. The molecular formula is C14H30N2O. The molecule has 0 heterocycles. The molecule has 0 aromatic carbocycles. The Morgan fingerprint density at radius 2 is 1.65 bits per heavy atom. The van der Waals surface area contributed by atoms with E-state index in [1.165, 1.54) is 0 Å². The van der Waals surface area contributed by atoms with Crippen molar-refractivity contribution in [2.45, 2.75) is 72.8 Å². The molecule has 0 aliphatic rings. The van der Waals surface area contributed by atoms with E-state index in [0.717, 1.165) is 32.2 Å². The van der Waals surface area contributed by atoms with Crippen molar-refractivity contribution < 1.29 is 4.79 Å². The molecular weight excluding hydrogens is 212 g/mol. The maximum absolute atomic E-state index is 11.7. The van der Waals surface area contributed by atoms with Gasteiger partial charge in [0.1, 0.15) is 0 Å². The van der Waals surface area contributed by atoms with E-state index in [9.17, 15) is 4.79 Å². The maximum atomic E-state index is 11.7. The standard InChI is InChI=1S/C14H30N2O/c1-7-10-15-12(17)16-14(6,9-3)11-13(4,5)8-2/h7-11H2,1-6H3,(H2,15,16,17). The minimum atomic E-state index is -0.114. The summed E-state index contributed by atoms with van der Waals surface area (Å²) < 4.78 is 0. The van der Waals surface area contributed by atoms with Crippen LogP contribution < -0.4 is 10.6 Å². The second kappa shape index (κ2) is 6.87. The van der Waals surface area contributed by atoms with E-state index in [-0.39, 0.29) is 17.0 Å². The molecule has 0 radical (unpaired) electrons. The van der Waals surface area contributed by atoms with Gasteiger partial charge in [-0.3, -0.25) is 0 Å². The van der Waals surface area contributed by atoms with Crippen molar-refractivity contribution in [1.82, 2.24) is 10.6 Å². The van der Waals surface area contributed by atoms with E-state index in [2.05, 4.69) is 52.2 Å². The Morgan fingerprint density at radius 1 is 1.06 bits per heavy atom. The molecule has 0 fully saturated rings. The molecule has 102 valence electrons. The Bertz CT molecular complexity index is 238. The first-order valence-electron chi connectivity index (χ1n) is 6.84. The van der Waals surface area contributed by atoms with Crippen molar-refractivity contribution in [2.75, 3.05) is 6.54 Å². The summed E-state index contributed by atoms with van der Waals surface area (Å²) in [6.45, 7) is 13.8. The molecule has 17 heavy (non-hydrogen) atoms. The Labute approximate surface area is 107 Å². The van der Waals surface area contributed by atoms with Gasteiger partial charge in [0.25, 0.3) is 0 Å². The van der Waals surface area contributed by atoms with Gasteiger partial charge in [0.15, 0.2) is 0 Å². The first kappa shape index (κ1) is 16.3. The number of carbonyl (C=O) groups excluding carboxylic acids is 1. The van der Waals surface area contributed by atoms with Crippen LogP contribution in [-0.4, -0.2) is 18.1 Å². The van der Waals surface area contributed by atoms with E-state index < -0.39 is 0 Å². The molecule has 0 aromatic rings. The molecule has 2 amide bonds. The molecule has 0 aliphatic carbocycles. The third-order valence-corrected chi connectivity index (χ3v) is 3.56. The van der Waals surface area contributed by atoms with Crippen molar-refractivity contribution in [3.05, 3.63) is 0 Å². The number of hydrogen-bond acceptors (Lipinski definition) is 1. The Hall–Kier alpha value is -0.730. The zero-order valence-corrected chi connectivity index (χ0v) is 12.4. The summed E-state index contributed by atoms with van der Waals surface area (Å²) in [6.07, 6.45) is 4.06. The molecule has 0 saturated heterocycles. The number of nitrogens with one attached hydrogen (secondary N) is 2. The molecule has 0 bridgehead atoms. The largest absolute Gasteiger partial charge is 0.338 e. The van der Waals surface area contributed by atoms with Crippen molar-refractivity contribution in [3.8, 4) is 0 Å². The van der Waals surface area contributed by atoms with Crippen LogP contribution in [0.2, 0.25) is 0 Å². The molecule has 3 heteroatoms. The lowest BCUT2D eigenvalue weighted by Gasteiger charge is -2.37. The van der Waals surface area contributed by atoms with Crippen LogP contribution in [-0.2, 0) is 0 Å². The quantitative estimate of drug-likeness (QED) is 0.702. The van der Waals surface area contributed by atoms with Gasteiger partial charge in [-0.05, 0) is 31.6 Å². The van der Waals surface area contributed by atoms with Crippen molar-refractivity contribution in [3.63, 3.8) is 0 Å². The lowest BCUT2D eigenvalue weighted by atomic mass is 9.76. The number of carbonyl (C=O) groups is 1. The maximum Gasteiger partial charge on any atom is 0.315 e. The Morgan fingerprint density at radius 3 is 2.06 bits per heavy atom. The Balaban J connectivity index is 4.41. The Kier molecular flexibility index (Phi) is 6.58. The first-order chi connectivity index (χ1) is 7.78. The van der Waals surface area contributed by atoms with Gasteiger partial charge in [0, 0.05) is 12.1 Å². The summed E-state index contributed by atoms with van der Waals surface area (Å²) in [5, 5.41) is 5.99. The predicted molar refractivity (Wildman–Crippen MR) is 74.2 cm³/mol. The predicted octanol–water partition coefficient (Wildman–Crippen LogP) is 3.69. The molecule has 0 saturated carbocycles. The third-order valence-electron chi connectivity index (χ3n) is 3.56. The topological polar surface area (TPSA) is 41.1 Å². The smallest absolute Gasteiger partial charge is 0.315 e. The van der Waals surface area contributed by atoms with Crippen LogP contribution in [0.15, 0.2) is 0 Å². The number of rotatable bonds is 7. The van der Waals surface area contributed by atoms with Crippen molar-refractivity contribution in [2.24, 2.45) is 5.41 Å². The van der Waals surface area contributed by atoms with Gasteiger partial charge in [-0.1, -0.05) is 41.0 Å². The van der Waals surface area contributed by atoms with Gasteiger partial charge in [-0.2, -0.15) is 0 Å². The summed E-state index contributed by atoms with van der Waals surface area (Å²) in [4.78, 5) is 11.7. The molecule has 0 aliphatic heterocycles. The van der Waals surface area contributed by atoms with E-state index >= 15 is 0 Å². The van der Waals surface area contributed by atoms with Gasteiger partial charge >= 0.3 is 6.03 Å². The summed E-state index contributed by atoms with van der Waals surface area (Å²) in [6, 6.07) is -0.0388. The van der Waals surface area contributed by atoms with Crippen LogP contribution in [0.1, 0.15) is 67.2 Å². The molecule has 1 atom stereocenters. The van der Waals surface area contributed by atoms with Crippen molar-refractivity contribution >= 4 is 6.03 Å². The normalized spacial score (nSPS) is 15.2. The third kappa shape index (κ3) is 6.54. The average molecular weight is 242 g/mol. The zero-order valence-electron chi connectivity index (χ0n) is 12.4. The summed E-state index contributed by atoms with van der Waals surface area (Å²) >= 11 is 0. The lowest BCUT2D eigenvalue weighted by Crippen LogP contribution is -2.51. The molecule has 0 aromatic heterocycles. The van der Waals surface area contributed by atoms with Gasteiger partial charge < -0.3 is 10.6 Å². The first-order valence-corrected chi connectivity index (χ1v) is 6.84. The van der Waals surface area contributed by atoms with E-state index in [1.54, 1.807) is 0 Å². The van der Waals surface area contributed by atoms with E-state index in [4.69, 9.17) is 0 Å². The van der Waals surface area contributed by atoms with Crippen LogP contribution in [0.3, 0.4) is 0 Å². The monoisotopic (exact) mass is 242 g/mol. The van der Waals surface area contributed by atoms with Gasteiger partial charge in [-0.25, -0.2) is 4.79 Å². The summed E-state index contributed by atoms with van der Waals surface area (Å²) in [5.74, 6) is 0. The van der Waals surface area contributed by atoms with Crippen LogP contribution >= 0.6 is 0 Å². The highest BCUT2D eigenvalue weighted by atomic mass is 16.2. The zero-order chi connectivity index (χ0) is 13.5. The fourth-order valence-corrected chi connectivity index (χ4v) is 2.00. The average Bonchev–Trinajstić information content (AvgIpc) is 2.25. The fourth-order valence-electron chi connectivity index (χ4n) is 2.00. The van der Waals surface area contributed by atoms with Crippen LogP contribution in [0.4, 0.5) is 4.79 Å². The minimum Gasteiger partial charge on any atom is -0.338 e. The molecule has 1 unspecified atom stereocenters. The highest BCUT2D eigenvalue weighted by molar-refractivity contribution is 5.74. The molecule has 2 N–H and O–H groups in total. The van der Waals surface area contributed by atoms with Crippen molar-refractivity contribution in [1.29, 1.82) is 0 Å². The second-order valence-corrected chi connectivity index (χ2v) is 5.99. The SMILES string of the molecule is CCCNC(=O)NC(C)(CC)CC(C)(C)CC. The number of amides is 2. The molecule has 0 rings (SSSR count). The van der Waals surface area contributed by atoms with Gasteiger partial charge in [0.2, 0.25) is 0 Å². The number of hydrogen-bond donors (Lipinski definition) is 2. The van der Waals surface area contributed by atoms with Gasteiger partial charge in [0.05, 0.1) is 0 Å². The van der Waals surface area contributed by atoms with Gasteiger partial charge in [-0.15, -0.1) is 0 Å². The number of urea groups is 1. The van der Waals surface area contributed by atoms with Crippen LogP contribution in [0, 0.1) is 5.41 Å². The van der Waals surface area contributed by atoms with Crippen LogP contribution in [0.5, 0.6) is 0 Å². The molecule has 3 nitrogen and oxygen atoms in total. The summed E-state index contributed by atoms with van der Waals surface area (Å²) in [7, 11) is 0. The highest BCUT2D eigenvalue weighted by Gasteiger charge is 2.31.